The standard InChI is InChI=1S/C12H18N4O3S/c1-9-10(12(13)17)3-2-4-11(9)15-20(18,19)16-7-5-14-6-8-16/h2-4,14-15H,5-8H2,1H3,(H2,13,17). The number of hydrogen-bond donors (Lipinski definition) is 3. The maximum absolute atomic E-state index is 12.3. The lowest BCUT2D eigenvalue weighted by atomic mass is 10.1. The van der Waals surface area contributed by atoms with Gasteiger partial charge < -0.3 is 11.1 Å². The average Bonchev–Trinajstić information content (AvgIpc) is 2.41. The molecule has 1 aliphatic rings. The van der Waals surface area contributed by atoms with Crippen molar-refractivity contribution in [1.82, 2.24) is 9.62 Å². The van der Waals surface area contributed by atoms with Gasteiger partial charge in [-0.15, -0.1) is 0 Å². The first-order valence-corrected chi connectivity index (χ1v) is 7.74. The summed E-state index contributed by atoms with van der Waals surface area (Å²) in [7, 11) is -3.61. The highest BCUT2D eigenvalue weighted by atomic mass is 32.2. The summed E-state index contributed by atoms with van der Waals surface area (Å²) in [5.74, 6) is -0.578. The molecule has 0 aliphatic carbocycles. The number of piperazine rings is 1. The quantitative estimate of drug-likeness (QED) is 0.707. The van der Waals surface area contributed by atoms with Crippen LogP contribution in [-0.4, -0.2) is 44.8 Å². The number of carbonyl (C=O) groups is 1. The van der Waals surface area contributed by atoms with Crippen LogP contribution in [-0.2, 0) is 10.2 Å². The van der Waals surface area contributed by atoms with Crippen LogP contribution in [0.25, 0.3) is 0 Å². The maximum atomic E-state index is 12.3. The highest BCUT2D eigenvalue weighted by molar-refractivity contribution is 7.90. The normalized spacial score (nSPS) is 16.9. The zero-order valence-corrected chi connectivity index (χ0v) is 12.0. The van der Waals surface area contributed by atoms with Gasteiger partial charge in [-0.1, -0.05) is 6.07 Å². The van der Waals surface area contributed by atoms with Gasteiger partial charge in [0.1, 0.15) is 0 Å². The zero-order chi connectivity index (χ0) is 14.8. The molecule has 1 saturated heterocycles. The number of amides is 1. The van der Waals surface area contributed by atoms with Crippen LogP contribution in [0.1, 0.15) is 15.9 Å². The Labute approximate surface area is 118 Å². The van der Waals surface area contributed by atoms with Crippen molar-refractivity contribution in [3.63, 3.8) is 0 Å². The lowest BCUT2D eigenvalue weighted by Crippen LogP contribution is -2.48. The molecule has 1 heterocycles. The van der Waals surface area contributed by atoms with E-state index in [4.69, 9.17) is 5.73 Å². The molecular weight excluding hydrogens is 280 g/mol. The van der Waals surface area contributed by atoms with Crippen molar-refractivity contribution in [3.05, 3.63) is 29.3 Å². The molecule has 2 rings (SSSR count). The van der Waals surface area contributed by atoms with E-state index in [-0.39, 0.29) is 0 Å². The van der Waals surface area contributed by atoms with Gasteiger partial charge in [0.15, 0.2) is 0 Å². The van der Waals surface area contributed by atoms with Crippen molar-refractivity contribution in [2.24, 2.45) is 5.73 Å². The molecule has 7 nitrogen and oxygen atoms in total. The molecule has 1 amide bonds. The number of benzene rings is 1. The Hall–Kier alpha value is -1.64. The minimum absolute atomic E-state index is 0.311. The van der Waals surface area contributed by atoms with E-state index in [2.05, 4.69) is 10.0 Å². The number of nitrogens with two attached hydrogens (primary N) is 1. The minimum Gasteiger partial charge on any atom is -0.366 e. The molecule has 20 heavy (non-hydrogen) atoms. The van der Waals surface area contributed by atoms with E-state index in [0.29, 0.717) is 43.0 Å². The minimum atomic E-state index is -3.61. The van der Waals surface area contributed by atoms with Gasteiger partial charge in [0.25, 0.3) is 0 Å². The van der Waals surface area contributed by atoms with Gasteiger partial charge in [-0.25, -0.2) is 0 Å². The maximum Gasteiger partial charge on any atom is 0.301 e. The summed E-state index contributed by atoms with van der Waals surface area (Å²) in [5.41, 5.74) is 6.47. The van der Waals surface area contributed by atoms with Gasteiger partial charge in [0, 0.05) is 31.7 Å². The van der Waals surface area contributed by atoms with Crippen LogP contribution < -0.4 is 15.8 Å². The van der Waals surface area contributed by atoms with E-state index < -0.39 is 16.1 Å². The third kappa shape index (κ3) is 3.09. The van der Waals surface area contributed by atoms with Crippen LogP contribution in [0, 0.1) is 6.92 Å². The van der Waals surface area contributed by atoms with Gasteiger partial charge >= 0.3 is 10.2 Å². The monoisotopic (exact) mass is 298 g/mol. The Bertz CT molecular complexity index is 609. The van der Waals surface area contributed by atoms with Gasteiger partial charge in [0.2, 0.25) is 5.91 Å². The Morgan fingerprint density at radius 1 is 1.35 bits per heavy atom. The molecule has 1 fully saturated rings. The molecular formula is C12H18N4O3S. The van der Waals surface area contributed by atoms with E-state index >= 15 is 0 Å². The molecule has 4 N–H and O–H groups in total. The number of nitrogens with zero attached hydrogens (tertiary/aromatic N) is 1. The van der Waals surface area contributed by atoms with Crippen LogP contribution in [0.4, 0.5) is 5.69 Å². The van der Waals surface area contributed by atoms with Gasteiger partial charge in [-0.3, -0.25) is 9.52 Å². The lowest BCUT2D eigenvalue weighted by Gasteiger charge is -2.27. The molecule has 1 aromatic carbocycles. The van der Waals surface area contributed by atoms with Gasteiger partial charge in [0.05, 0.1) is 5.69 Å². The number of anilines is 1. The molecule has 0 bridgehead atoms. The Morgan fingerprint density at radius 3 is 2.60 bits per heavy atom. The largest absolute Gasteiger partial charge is 0.366 e. The molecule has 0 radical (unpaired) electrons. The van der Waals surface area contributed by atoms with E-state index in [1.165, 1.54) is 4.31 Å². The summed E-state index contributed by atoms with van der Waals surface area (Å²) in [6.45, 7) is 3.76. The summed E-state index contributed by atoms with van der Waals surface area (Å²) in [6.07, 6.45) is 0. The van der Waals surface area contributed by atoms with E-state index in [1.807, 2.05) is 0 Å². The highest BCUT2D eigenvalue weighted by Gasteiger charge is 2.24. The molecule has 1 aromatic rings. The third-order valence-corrected chi connectivity index (χ3v) is 4.78. The molecule has 0 atom stereocenters. The van der Waals surface area contributed by atoms with Crippen molar-refractivity contribution >= 4 is 21.8 Å². The lowest BCUT2D eigenvalue weighted by molar-refractivity contribution is 0.0999. The van der Waals surface area contributed by atoms with Gasteiger partial charge in [-0.2, -0.15) is 12.7 Å². The second-order valence-corrected chi connectivity index (χ2v) is 6.27. The van der Waals surface area contributed by atoms with Crippen molar-refractivity contribution in [3.8, 4) is 0 Å². The first-order valence-electron chi connectivity index (χ1n) is 6.30. The Kier molecular flexibility index (Phi) is 4.26. The average molecular weight is 298 g/mol. The predicted octanol–water partition coefficient (Wildman–Crippen LogP) is -0.344. The fourth-order valence-electron chi connectivity index (χ4n) is 2.10. The van der Waals surface area contributed by atoms with E-state index in [1.54, 1.807) is 25.1 Å². The van der Waals surface area contributed by atoms with Crippen LogP contribution >= 0.6 is 0 Å². The van der Waals surface area contributed by atoms with E-state index in [0.717, 1.165) is 0 Å². The SMILES string of the molecule is Cc1c(NS(=O)(=O)N2CCNCC2)cccc1C(N)=O. The van der Waals surface area contributed by atoms with Crippen LogP contribution in [0.5, 0.6) is 0 Å². The molecule has 8 heteroatoms. The van der Waals surface area contributed by atoms with E-state index in [9.17, 15) is 13.2 Å². The second kappa shape index (κ2) is 5.78. The molecule has 1 aliphatic heterocycles. The first kappa shape index (κ1) is 14.8. The number of rotatable bonds is 4. The summed E-state index contributed by atoms with van der Waals surface area (Å²) >= 11 is 0. The first-order chi connectivity index (χ1) is 9.42. The molecule has 0 saturated carbocycles. The summed E-state index contributed by atoms with van der Waals surface area (Å²) in [5, 5.41) is 3.09. The summed E-state index contributed by atoms with van der Waals surface area (Å²) < 4.78 is 28.4. The van der Waals surface area contributed by atoms with Crippen molar-refractivity contribution < 1.29 is 13.2 Å². The fraction of sp³-hybridized carbons (Fsp3) is 0.417. The zero-order valence-electron chi connectivity index (χ0n) is 11.2. The predicted molar refractivity (Wildman–Crippen MR) is 76.7 cm³/mol. The van der Waals surface area contributed by atoms with Crippen molar-refractivity contribution in [1.29, 1.82) is 0 Å². The third-order valence-electron chi connectivity index (χ3n) is 3.25. The Morgan fingerprint density at radius 2 is 2.00 bits per heavy atom. The van der Waals surface area contributed by atoms with Gasteiger partial charge in [-0.05, 0) is 24.6 Å². The fourth-order valence-corrected chi connectivity index (χ4v) is 3.39. The van der Waals surface area contributed by atoms with Crippen molar-refractivity contribution in [2.45, 2.75) is 6.92 Å². The van der Waals surface area contributed by atoms with Crippen LogP contribution in [0.2, 0.25) is 0 Å². The number of primary amides is 1. The highest BCUT2D eigenvalue weighted by Crippen LogP contribution is 2.20. The number of carbonyl (C=O) groups excluding carboxylic acids is 1. The number of hydrogen-bond acceptors (Lipinski definition) is 4. The topological polar surface area (TPSA) is 105 Å². The summed E-state index contributed by atoms with van der Waals surface area (Å²) in [6, 6.07) is 4.78. The molecule has 110 valence electrons. The smallest absolute Gasteiger partial charge is 0.301 e. The second-order valence-electron chi connectivity index (χ2n) is 4.60. The Balaban J connectivity index is 2.25. The molecule has 0 spiro atoms. The summed E-state index contributed by atoms with van der Waals surface area (Å²) in [4.78, 5) is 11.3. The van der Waals surface area contributed by atoms with Crippen LogP contribution in [0.3, 0.4) is 0 Å². The molecule has 0 unspecified atom stereocenters. The van der Waals surface area contributed by atoms with Crippen molar-refractivity contribution in [2.75, 3.05) is 30.9 Å². The van der Waals surface area contributed by atoms with Crippen LogP contribution in [0.15, 0.2) is 18.2 Å². The number of nitrogens with one attached hydrogen (secondary N) is 2. The molecule has 0 aromatic heterocycles.